The van der Waals surface area contributed by atoms with E-state index >= 15 is 0 Å². The molecule has 50 heavy (non-hydrogen) atoms. The summed E-state index contributed by atoms with van der Waals surface area (Å²) in [7, 11) is 0. The third-order valence-corrected chi connectivity index (χ3v) is 9.79. The van der Waals surface area contributed by atoms with E-state index in [-0.39, 0.29) is 31.2 Å². The van der Waals surface area contributed by atoms with Crippen molar-refractivity contribution in [2.75, 3.05) is 0 Å². The number of benzene rings is 5. The summed E-state index contributed by atoms with van der Waals surface area (Å²) < 4.78 is 59.6. The fourth-order valence-electron chi connectivity index (χ4n) is 6.92. The Balaban J connectivity index is 0.000000202. The molecular formula is C46H40IrN2O-2. The van der Waals surface area contributed by atoms with Gasteiger partial charge in [0.1, 0.15) is 5.58 Å². The number of rotatable bonds is 3. The normalized spacial score (nSPS) is 17.6. The van der Waals surface area contributed by atoms with Crippen LogP contribution in [-0.2, 0) is 20.1 Å². The maximum Gasteiger partial charge on any atom is 0.129 e. The molecule has 1 fully saturated rings. The van der Waals surface area contributed by atoms with E-state index in [2.05, 4.69) is 91.6 Å². The fraction of sp³-hybridized carbons (Fsp3) is 0.217. The Morgan fingerprint density at radius 2 is 1.54 bits per heavy atom. The van der Waals surface area contributed by atoms with Gasteiger partial charge >= 0.3 is 0 Å². The molecule has 0 aliphatic heterocycles. The van der Waals surface area contributed by atoms with Crippen LogP contribution in [0.4, 0.5) is 0 Å². The molecule has 0 bridgehead atoms. The molecule has 5 aromatic carbocycles. The number of hydrogen-bond acceptors (Lipinski definition) is 3. The van der Waals surface area contributed by atoms with Crippen molar-refractivity contribution >= 4 is 43.5 Å². The van der Waals surface area contributed by atoms with Gasteiger partial charge in [-0.2, -0.15) is 0 Å². The van der Waals surface area contributed by atoms with Crippen molar-refractivity contribution in [2.45, 2.75) is 59.1 Å². The molecule has 251 valence electrons. The number of aromatic nitrogens is 2. The number of hydrogen-bond donors (Lipinski definition) is 0. The summed E-state index contributed by atoms with van der Waals surface area (Å²) in [6.07, 6.45) is 7.04. The van der Waals surface area contributed by atoms with Crippen molar-refractivity contribution in [3.8, 4) is 22.5 Å². The van der Waals surface area contributed by atoms with E-state index in [4.69, 9.17) is 17.6 Å². The molecule has 4 heteroatoms. The Morgan fingerprint density at radius 3 is 2.32 bits per heavy atom. The SMILES string of the molecule is [2H]C([2H])([2H])c1c[c-]c(-c2ccc(C([2H])([2H])[2H])cn2)cc1.[2H]C1(c2ccnc(-c3[c-]ccc4c3oc3c4ccc4ccc5ccccc5c43)c2)CCC(C)(C)CC1.[Ir]. The Labute approximate surface area is 318 Å². The molecule has 0 spiro atoms. The molecule has 0 amide bonds. The summed E-state index contributed by atoms with van der Waals surface area (Å²) in [6, 6.07) is 39.2. The van der Waals surface area contributed by atoms with E-state index in [1.807, 2.05) is 18.3 Å². The van der Waals surface area contributed by atoms with Gasteiger partial charge in [-0.05, 0) is 83.0 Å². The van der Waals surface area contributed by atoms with Crippen LogP contribution < -0.4 is 0 Å². The van der Waals surface area contributed by atoms with Crippen molar-refractivity contribution < 1.29 is 34.1 Å². The van der Waals surface area contributed by atoms with Crippen molar-refractivity contribution in [3.63, 3.8) is 0 Å². The summed E-state index contributed by atoms with van der Waals surface area (Å²) in [5.74, 6) is -0.565. The maximum absolute atomic E-state index is 9.25. The maximum atomic E-state index is 9.25. The van der Waals surface area contributed by atoms with Gasteiger partial charge in [-0.3, -0.25) is 0 Å². The first kappa shape index (κ1) is 26.2. The van der Waals surface area contributed by atoms with E-state index in [0.29, 0.717) is 16.7 Å². The molecule has 0 unspecified atom stereocenters. The monoisotopic (exact) mass is 836 g/mol. The Hall–Kier alpha value is -4.63. The van der Waals surface area contributed by atoms with Gasteiger partial charge in [0.25, 0.3) is 0 Å². The summed E-state index contributed by atoms with van der Waals surface area (Å²) >= 11 is 0. The minimum absolute atomic E-state index is 0. The minimum atomic E-state index is -2.18. The predicted molar refractivity (Wildman–Crippen MR) is 204 cm³/mol. The van der Waals surface area contributed by atoms with Gasteiger partial charge in [-0.1, -0.05) is 104 Å². The molecule has 1 radical (unpaired) electrons. The third kappa shape index (κ3) is 6.63. The second-order valence-corrected chi connectivity index (χ2v) is 13.6. The van der Waals surface area contributed by atoms with Crippen LogP contribution >= 0.6 is 0 Å². The largest absolute Gasteiger partial charge is 0.500 e. The molecule has 3 heterocycles. The zero-order valence-corrected chi connectivity index (χ0v) is 30.3. The van der Waals surface area contributed by atoms with Gasteiger partial charge in [0.2, 0.25) is 0 Å². The van der Waals surface area contributed by atoms with E-state index in [1.165, 1.54) is 40.6 Å². The van der Waals surface area contributed by atoms with Gasteiger partial charge in [0.05, 0.1) is 5.58 Å². The molecule has 1 saturated carbocycles. The van der Waals surface area contributed by atoms with Crippen LogP contribution in [0.5, 0.6) is 0 Å². The second-order valence-electron chi connectivity index (χ2n) is 13.6. The number of aryl methyl sites for hydroxylation is 2. The summed E-state index contributed by atoms with van der Waals surface area (Å²) in [6.45, 7) is 0.289. The molecule has 1 aliphatic carbocycles. The minimum Gasteiger partial charge on any atom is -0.500 e. The van der Waals surface area contributed by atoms with Crippen LogP contribution in [-0.4, -0.2) is 9.97 Å². The molecular weight excluding hydrogens is 789 g/mol. The average Bonchev–Trinajstić information content (AvgIpc) is 3.58. The van der Waals surface area contributed by atoms with E-state index in [0.717, 1.165) is 69.8 Å². The number of pyridine rings is 2. The van der Waals surface area contributed by atoms with E-state index in [1.54, 1.807) is 12.1 Å². The van der Waals surface area contributed by atoms with Crippen molar-refractivity contribution in [3.05, 3.63) is 144 Å². The first-order valence-corrected chi connectivity index (χ1v) is 16.7. The third-order valence-electron chi connectivity index (χ3n) is 9.79. The van der Waals surface area contributed by atoms with Crippen LogP contribution in [0.1, 0.15) is 71.7 Å². The molecule has 8 aromatic rings. The van der Waals surface area contributed by atoms with Crippen molar-refractivity contribution in [1.29, 1.82) is 0 Å². The average molecular weight is 836 g/mol. The molecule has 0 atom stereocenters. The van der Waals surface area contributed by atoms with Crippen LogP contribution in [0.2, 0.25) is 0 Å². The molecule has 1 aliphatic rings. The van der Waals surface area contributed by atoms with Crippen molar-refractivity contribution in [2.24, 2.45) is 5.41 Å². The number of furan rings is 1. The van der Waals surface area contributed by atoms with Crippen molar-refractivity contribution in [1.82, 2.24) is 9.97 Å². The van der Waals surface area contributed by atoms with Crippen LogP contribution in [0, 0.1) is 31.3 Å². The zero-order valence-electron chi connectivity index (χ0n) is 34.9. The predicted octanol–water partition coefficient (Wildman–Crippen LogP) is 12.6. The molecule has 0 saturated heterocycles. The van der Waals surface area contributed by atoms with Gasteiger partial charge in [-0.25, -0.2) is 0 Å². The first-order valence-electron chi connectivity index (χ1n) is 20.2. The van der Waals surface area contributed by atoms with Crippen LogP contribution in [0.15, 0.2) is 120 Å². The second kappa shape index (κ2) is 13.9. The standard InChI is InChI=1S/C33H28NO.C13H12N.Ir/c1-33(2)17-14-21(15-18-33)24-16-19-34-29(20-24)28-9-5-8-26-27-13-12-23-11-10-22-6-3-4-7-25(22)30(23)32(27)35-31(26)28;1-10-3-6-12(7-4-10)13-8-5-11(2)9-14-13;/h3-8,10-13,16,19-21H,14-15,17-18H2,1-2H3;3-6,8-9H,1-2H3;/q2*-1;/i21D;1D3,2D3;. The fourth-order valence-corrected chi connectivity index (χ4v) is 6.92. The zero-order chi connectivity index (χ0) is 39.5. The number of nitrogens with zero attached hydrogens (tertiary/aromatic N) is 2. The summed E-state index contributed by atoms with van der Waals surface area (Å²) in [5.41, 5.74) is 6.30. The summed E-state index contributed by atoms with van der Waals surface area (Å²) in [4.78, 5) is 8.80. The van der Waals surface area contributed by atoms with Crippen LogP contribution in [0.25, 0.3) is 66.0 Å². The molecule has 3 nitrogen and oxygen atoms in total. The quantitative estimate of drug-likeness (QED) is 0.131. The van der Waals surface area contributed by atoms with Gasteiger partial charge in [0, 0.05) is 52.9 Å². The van der Waals surface area contributed by atoms with Gasteiger partial charge in [-0.15, -0.1) is 53.6 Å². The Kier molecular flexibility index (Phi) is 7.31. The summed E-state index contributed by atoms with van der Waals surface area (Å²) in [5, 5.41) is 6.89. The topological polar surface area (TPSA) is 38.9 Å². The smallest absolute Gasteiger partial charge is 0.129 e. The molecule has 9 rings (SSSR count). The Morgan fingerprint density at radius 1 is 0.760 bits per heavy atom. The van der Waals surface area contributed by atoms with E-state index in [9.17, 15) is 1.37 Å². The van der Waals surface area contributed by atoms with E-state index < -0.39 is 19.6 Å². The molecule has 3 aromatic heterocycles. The Bertz CT molecular complexity index is 2650. The van der Waals surface area contributed by atoms with Gasteiger partial charge in [0.15, 0.2) is 0 Å². The number of fused-ring (bicyclic) bond motifs is 7. The molecule has 0 N–H and O–H groups in total. The first-order chi connectivity index (χ1) is 26.6. The van der Waals surface area contributed by atoms with Gasteiger partial charge < -0.3 is 14.4 Å². The van der Waals surface area contributed by atoms with Crippen LogP contribution in [0.3, 0.4) is 0 Å².